The normalized spacial score (nSPS) is 21.6. The molecule has 0 aromatic carbocycles. The second kappa shape index (κ2) is 5.44. The van der Waals surface area contributed by atoms with Crippen molar-refractivity contribution < 1.29 is 4.79 Å². The summed E-state index contributed by atoms with van der Waals surface area (Å²) in [6.07, 6.45) is 7.03. The number of carbonyl (C=O) groups is 1. The lowest BCUT2D eigenvalue weighted by atomic mass is 10.1. The standard InChI is InChI=1S/C14H23N5O/c1-17-10-12(15)13(16-17)14(20)19-8-6-18(7-9-19)11-4-2-3-5-11/h10-11H,2-9,15H2,1H3. The van der Waals surface area contributed by atoms with Gasteiger partial charge in [-0.15, -0.1) is 0 Å². The van der Waals surface area contributed by atoms with Gasteiger partial charge in [0.05, 0.1) is 5.69 Å². The van der Waals surface area contributed by atoms with E-state index in [1.807, 2.05) is 4.90 Å². The fraction of sp³-hybridized carbons (Fsp3) is 0.714. The number of rotatable bonds is 2. The summed E-state index contributed by atoms with van der Waals surface area (Å²) in [6, 6.07) is 0.743. The second-order valence-corrected chi connectivity index (χ2v) is 5.87. The summed E-state index contributed by atoms with van der Waals surface area (Å²) in [6.45, 7) is 3.52. The van der Waals surface area contributed by atoms with Crippen LogP contribution in [0, 0.1) is 0 Å². The minimum atomic E-state index is -0.0332. The van der Waals surface area contributed by atoms with Crippen LogP contribution >= 0.6 is 0 Å². The molecule has 1 aromatic heterocycles. The van der Waals surface area contributed by atoms with Crippen molar-refractivity contribution in [2.75, 3.05) is 31.9 Å². The Labute approximate surface area is 119 Å². The van der Waals surface area contributed by atoms with Crippen LogP contribution in [0.25, 0.3) is 0 Å². The van der Waals surface area contributed by atoms with Crippen molar-refractivity contribution in [1.29, 1.82) is 0 Å². The highest BCUT2D eigenvalue weighted by molar-refractivity contribution is 5.97. The number of nitrogen functional groups attached to an aromatic ring is 1. The Kier molecular flexibility index (Phi) is 3.65. The fourth-order valence-corrected chi connectivity index (χ4v) is 3.38. The summed E-state index contributed by atoms with van der Waals surface area (Å²) in [7, 11) is 1.78. The topological polar surface area (TPSA) is 67.4 Å². The maximum absolute atomic E-state index is 12.4. The molecular formula is C14H23N5O. The van der Waals surface area contributed by atoms with E-state index >= 15 is 0 Å². The van der Waals surface area contributed by atoms with Gasteiger partial charge in [-0.1, -0.05) is 12.8 Å². The van der Waals surface area contributed by atoms with Crippen LogP contribution in [0.2, 0.25) is 0 Å². The number of aryl methyl sites for hydroxylation is 1. The number of piperazine rings is 1. The molecule has 0 unspecified atom stereocenters. The molecule has 2 heterocycles. The van der Waals surface area contributed by atoms with Crippen molar-refractivity contribution >= 4 is 11.6 Å². The Balaban J connectivity index is 1.60. The molecule has 2 aliphatic rings. The van der Waals surface area contributed by atoms with Gasteiger partial charge in [0.15, 0.2) is 5.69 Å². The Morgan fingerprint density at radius 2 is 1.90 bits per heavy atom. The van der Waals surface area contributed by atoms with Gasteiger partial charge in [-0.3, -0.25) is 14.4 Å². The fourth-order valence-electron chi connectivity index (χ4n) is 3.38. The number of nitrogens with two attached hydrogens (primary N) is 1. The molecule has 1 saturated carbocycles. The van der Waals surface area contributed by atoms with Crippen LogP contribution in [0.3, 0.4) is 0 Å². The first-order valence-electron chi connectivity index (χ1n) is 7.47. The van der Waals surface area contributed by atoms with Gasteiger partial charge in [0.1, 0.15) is 0 Å². The molecule has 20 heavy (non-hydrogen) atoms. The lowest BCUT2D eigenvalue weighted by Gasteiger charge is -2.37. The molecule has 1 saturated heterocycles. The van der Waals surface area contributed by atoms with Gasteiger partial charge in [-0.25, -0.2) is 0 Å². The van der Waals surface area contributed by atoms with Crippen molar-refractivity contribution in [3.63, 3.8) is 0 Å². The lowest BCUT2D eigenvalue weighted by molar-refractivity contribution is 0.0568. The van der Waals surface area contributed by atoms with Crippen LogP contribution in [0.1, 0.15) is 36.2 Å². The second-order valence-electron chi connectivity index (χ2n) is 5.87. The number of aromatic nitrogens is 2. The Morgan fingerprint density at radius 1 is 1.25 bits per heavy atom. The minimum Gasteiger partial charge on any atom is -0.396 e. The molecule has 1 aliphatic carbocycles. The number of carbonyl (C=O) groups excluding carboxylic acids is 1. The molecule has 3 rings (SSSR count). The zero-order chi connectivity index (χ0) is 14.1. The molecule has 0 spiro atoms. The van der Waals surface area contributed by atoms with E-state index in [-0.39, 0.29) is 5.91 Å². The summed E-state index contributed by atoms with van der Waals surface area (Å²) < 4.78 is 1.59. The van der Waals surface area contributed by atoms with Crippen LogP contribution in [0.5, 0.6) is 0 Å². The lowest BCUT2D eigenvalue weighted by Crippen LogP contribution is -2.51. The molecule has 110 valence electrons. The summed E-state index contributed by atoms with van der Waals surface area (Å²) in [5.41, 5.74) is 6.69. The summed E-state index contributed by atoms with van der Waals surface area (Å²) in [5.74, 6) is -0.0332. The first-order valence-corrected chi connectivity index (χ1v) is 7.47. The van der Waals surface area contributed by atoms with E-state index in [2.05, 4.69) is 10.00 Å². The quantitative estimate of drug-likeness (QED) is 0.864. The average Bonchev–Trinajstić information content (AvgIpc) is 3.08. The highest BCUT2D eigenvalue weighted by Crippen LogP contribution is 2.24. The van der Waals surface area contributed by atoms with E-state index in [0.717, 1.165) is 32.2 Å². The SMILES string of the molecule is Cn1cc(N)c(C(=O)N2CCN(C3CCCC3)CC2)n1. The van der Waals surface area contributed by atoms with Crippen LogP contribution in [-0.2, 0) is 7.05 Å². The van der Waals surface area contributed by atoms with E-state index in [4.69, 9.17) is 5.73 Å². The van der Waals surface area contributed by atoms with E-state index < -0.39 is 0 Å². The molecule has 2 fully saturated rings. The molecule has 6 nitrogen and oxygen atoms in total. The minimum absolute atomic E-state index is 0.0332. The van der Waals surface area contributed by atoms with Crippen LogP contribution in [0.4, 0.5) is 5.69 Å². The Morgan fingerprint density at radius 3 is 2.45 bits per heavy atom. The van der Waals surface area contributed by atoms with Gasteiger partial charge in [-0.2, -0.15) is 5.10 Å². The van der Waals surface area contributed by atoms with Gasteiger partial charge in [0.25, 0.3) is 5.91 Å². The van der Waals surface area contributed by atoms with Crippen LogP contribution in [0.15, 0.2) is 6.20 Å². The van der Waals surface area contributed by atoms with E-state index in [9.17, 15) is 4.79 Å². The summed E-state index contributed by atoms with van der Waals surface area (Å²) >= 11 is 0. The third kappa shape index (κ3) is 2.52. The van der Waals surface area contributed by atoms with Gasteiger partial charge >= 0.3 is 0 Å². The Bertz CT molecular complexity index is 484. The maximum atomic E-state index is 12.4. The van der Waals surface area contributed by atoms with Gasteiger partial charge < -0.3 is 10.6 Å². The van der Waals surface area contributed by atoms with Crippen LogP contribution < -0.4 is 5.73 Å². The molecule has 2 N–H and O–H groups in total. The molecule has 0 bridgehead atoms. The van der Waals surface area contributed by atoms with Crippen molar-refractivity contribution in [1.82, 2.24) is 19.6 Å². The van der Waals surface area contributed by atoms with Gasteiger partial charge in [0, 0.05) is 45.5 Å². The third-order valence-corrected chi connectivity index (χ3v) is 4.50. The van der Waals surface area contributed by atoms with Crippen molar-refractivity contribution in [3.8, 4) is 0 Å². The predicted molar refractivity (Wildman–Crippen MR) is 77.4 cm³/mol. The maximum Gasteiger partial charge on any atom is 0.276 e. The number of hydrogen-bond donors (Lipinski definition) is 1. The van der Waals surface area contributed by atoms with Crippen LogP contribution in [-0.4, -0.2) is 57.7 Å². The summed E-state index contributed by atoms with van der Waals surface area (Å²) in [4.78, 5) is 16.8. The first kappa shape index (κ1) is 13.4. The first-order chi connectivity index (χ1) is 9.65. The zero-order valence-electron chi connectivity index (χ0n) is 12.1. The van der Waals surface area contributed by atoms with Crippen molar-refractivity contribution in [2.45, 2.75) is 31.7 Å². The van der Waals surface area contributed by atoms with Gasteiger partial charge in [-0.05, 0) is 12.8 Å². The summed E-state index contributed by atoms with van der Waals surface area (Å²) in [5, 5.41) is 4.17. The van der Waals surface area contributed by atoms with E-state index in [0.29, 0.717) is 11.4 Å². The number of amides is 1. The molecular weight excluding hydrogens is 254 g/mol. The molecule has 0 atom stereocenters. The molecule has 0 radical (unpaired) electrons. The number of anilines is 1. The molecule has 1 amide bonds. The smallest absolute Gasteiger partial charge is 0.276 e. The monoisotopic (exact) mass is 277 g/mol. The largest absolute Gasteiger partial charge is 0.396 e. The highest BCUT2D eigenvalue weighted by Gasteiger charge is 2.29. The molecule has 1 aliphatic heterocycles. The molecule has 6 heteroatoms. The zero-order valence-corrected chi connectivity index (χ0v) is 12.1. The number of hydrogen-bond acceptors (Lipinski definition) is 4. The van der Waals surface area contributed by atoms with Crippen molar-refractivity contribution in [3.05, 3.63) is 11.9 Å². The number of nitrogens with zero attached hydrogens (tertiary/aromatic N) is 4. The predicted octanol–water partition coefficient (Wildman–Crippen LogP) is 0.703. The van der Waals surface area contributed by atoms with E-state index in [1.165, 1.54) is 25.7 Å². The average molecular weight is 277 g/mol. The molecule has 1 aromatic rings. The third-order valence-electron chi connectivity index (χ3n) is 4.50. The van der Waals surface area contributed by atoms with E-state index in [1.54, 1.807) is 17.9 Å². The Hall–Kier alpha value is -1.56. The van der Waals surface area contributed by atoms with Crippen molar-refractivity contribution in [2.24, 2.45) is 7.05 Å². The van der Waals surface area contributed by atoms with Gasteiger partial charge in [0.2, 0.25) is 0 Å². The highest BCUT2D eigenvalue weighted by atomic mass is 16.2.